The van der Waals surface area contributed by atoms with Crippen molar-refractivity contribution in [2.24, 2.45) is 11.8 Å². The number of benzene rings is 1. The highest BCUT2D eigenvalue weighted by Crippen LogP contribution is 2.32. The third kappa shape index (κ3) is 4.95. The van der Waals surface area contributed by atoms with Gasteiger partial charge in [-0.1, -0.05) is 40.7 Å². The van der Waals surface area contributed by atoms with E-state index in [2.05, 4.69) is 31.0 Å². The molecule has 5 nitrogen and oxygen atoms in total. The van der Waals surface area contributed by atoms with Crippen LogP contribution in [0.25, 0.3) is 0 Å². The molecule has 2 unspecified atom stereocenters. The number of nitrogens with zero attached hydrogens (tertiary/aromatic N) is 1. The van der Waals surface area contributed by atoms with Crippen LogP contribution in [0.2, 0.25) is 0 Å². The number of hydrogen-bond acceptors (Lipinski definition) is 4. The van der Waals surface area contributed by atoms with Crippen LogP contribution < -0.4 is 10.1 Å². The SMILES string of the molecule is CCC(Oc1cccc2c1CCC(=O)N2)N(CC(C)C)C(O)C(C)C. The summed E-state index contributed by atoms with van der Waals surface area (Å²) in [5.41, 5.74) is 1.88. The predicted molar refractivity (Wildman–Crippen MR) is 100 cm³/mol. The number of anilines is 1. The van der Waals surface area contributed by atoms with Crippen LogP contribution in [0.1, 0.15) is 53.0 Å². The Morgan fingerprint density at radius 2 is 1.96 bits per heavy atom. The van der Waals surface area contributed by atoms with Crippen molar-refractivity contribution in [3.8, 4) is 5.75 Å². The molecule has 0 saturated heterocycles. The summed E-state index contributed by atoms with van der Waals surface area (Å²) in [5, 5.41) is 13.6. The summed E-state index contributed by atoms with van der Waals surface area (Å²) in [5.74, 6) is 1.40. The molecule has 1 aromatic carbocycles. The Morgan fingerprint density at radius 1 is 1.24 bits per heavy atom. The molecule has 0 radical (unpaired) electrons. The number of aliphatic hydroxyl groups is 1. The van der Waals surface area contributed by atoms with E-state index < -0.39 is 6.23 Å². The summed E-state index contributed by atoms with van der Waals surface area (Å²) in [6.07, 6.45) is 1.18. The first-order valence-electron chi connectivity index (χ1n) is 9.35. The monoisotopic (exact) mass is 348 g/mol. The van der Waals surface area contributed by atoms with Crippen molar-refractivity contribution in [2.75, 3.05) is 11.9 Å². The lowest BCUT2D eigenvalue weighted by molar-refractivity contribution is -0.116. The Labute approximate surface area is 151 Å². The van der Waals surface area contributed by atoms with Crippen LogP contribution in [0.4, 0.5) is 5.69 Å². The number of hydrogen-bond donors (Lipinski definition) is 2. The van der Waals surface area contributed by atoms with Gasteiger partial charge in [0.2, 0.25) is 5.91 Å². The number of nitrogens with one attached hydrogen (secondary N) is 1. The fourth-order valence-electron chi connectivity index (χ4n) is 3.23. The normalized spacial score (nSPS) is 16.8. The van der Waals surface area contributed by atoms with Crippen molar-refractivity contribution >= 4 is 11.6 Å². The van der Waals surface area contributed by atoms with E-state index in [1.165, 1.54) is 0 Å². The van der Waals surface area contributed by atoms with Crippen LogP contribution in [0, 0.1) is 11.8 Å². The fraction of sp³-hybridized carbons (Fsp3) is 0.650. The van der Waals surface area contributed by atoms with Gasteiger partial charge in [0.05, 0.1) is 0 Å². The molecule has 2 atom stereocenters. The molecular weight excluding hydrogens is 316 g/mol. The van der Waals surface area contributed by atoms with Crippen LogP contribution in [0.3, 0.4) is 0 Å². The Kier molecular flexibility index (Phi) is 6.85. The molecule has 0 fully saturated rings. The second-order valence-electron chi connectivity index (χ2n) is 7.56. The van der Waals surface area contributed by atoms with Crippen LogP contribution in [0.15, 0.2) is 18.2 Å². The van der Waals surface area contributed by atoms with Crippen LogP contribution in [-0.4, -0.2) is 34.9 Å². The first-order chi connectivity index (χ1) is 11.8. The highest BCUT2D eigenvalue weighted by Gasteiger charge is 2.29. The van der Waals surface area contributed by atoms with Gasteiger partial charge in [-0.2, -0.15) is 0 Å². The molecule has 0 aromatic heterocycles. The van der Waals surface area contributed by atoms with E-state index in [0.29, 0.717) is 18.8 Å². The van der Waals surface area contributed by atoms with Gasteiger partial charge in [0.15, 0.2) is 6.23 Å². The van der Waals surface area contributed by atoms with Crippen LogP contribution >= 0.6 is 0 Å². The first kappa shape index (κ1) is 19.7. The van der Waals surface area contributed by atoms with Gasteiger partial charge in [-0.25, -0.2) is 4.90 Å². The Bertz CT molecular complexity index is 586. The topological polar surface area (TPSA) is 61.8 Å². The average molecular weight is 348 g/mol. The molecular formula is C20H32N2O3. The van der Waals surface area contributed by atoms with Gasteiger partial charge in [0.25, 0.3) is 0 Å². The van der Waals surface area contributed by atoms with Gasteiger partial charge < -0.3 is 15.2 Å². The minimum atomic E-state index is -0.549. The molecule has 5 heteroatoms. The lowest BCUT2D eigenvalue weighted by Gasteiger charge is -2.38. The summed E-state index contributed by atoms with van der Waals surface area (Å²) >= 11 is 0. The standard InChI is InChI=1S/C20H32N2O3/c1-6-19(22(12-13(2)3)20(24)14(4)5)25-17-9-7-8-16-15(17)10-11-18(23)21-16/h7-9,13-14,19-20,24H,6,10-12H2,1-5H3,(H,21,23). The molecule has 1 amide bonds. The van der Waals surface area contributed by atoms with E-state index >= 15 is 0 Å². The second-order valence-corrected chi connectivity index (χ2v) is 7.56. The van der Waals surface area contributed by atoms with Crippen molar-refractivity contribution in [1.29, 1.82) is 0 Å². The van der Waals surface area contributed by atoms with Crippen LogP contribution in [0.5, 0.6) is 5.75 Å². The summed E-state index contributed by atoms with van der Waals surface area (Å²) < 4.78 is 6.35. The van der Waals surface area contributed by atoms with E-state index in [1.807, 2.05) is 32.0 Å². The maximum Gasteiger partial charge on any atom is 0.224 e. The largest absolute Gasteiger partial charge is 0.475 e. The zero-order valence-corrected chi connectivity index (χ0v) is 16.1. The highest BCUT2D eigenvalue weighted by molar-refractivity contribution is 5.94. The maximum absolute atomic E-state index is 11.6. The van der Waals surface area contributed by atoms with Crippen molar-refractivity contribution in [3.05, 3.63) is 23.8 Å². The van der Waals surface area contributed by atoms with E-state index in [0.717, 1.165) is 30.0 Å². The van der Waals surface area contributed by atoms with Crippen molar-refractivity contribution < 1.29 is 14.6 Å². The molecule has 0 saturated carbocycles. The number of carbonyl (C=O) groups is 1. The van der Waals surface area contributed by atoms with Gasteiger partial charge in [-0.3, -0.25) is 4.79 Å². The molecule has 1 aliphatic heterocycles. The first-order valence-corrected chi connectivity index (χ1v) is 9.35. The Balaban J connectivity index is 2.25. The predicted octanol–water partition coefficient (Wildman–Crippen LogP) is 3.62. The molecule has 1 heterocycles. The third-order valence-corrected chi connectivity index (χ3v) is 4.50. The highest BCUT2D eigenvalue weighted by atomic mass is 16.5. The minimum absolute atomic E-state index is 0.0494. The molecule has 0 aliphatic carbocycles. The van der Waals surface area contributed by atoms with E-state index in [1.54, 1.807) is 0 Å². The molecule has 1 aromatic rings. The fourth-order valence-corrected chi connectivity index (χ4v) is 3.23. The van der Waals surface area contributed by atoms with Gasteiger partial charge in [0.1, 0.15) is 12.0 Å². The number of aliphatic hydroxyl groups excluding tert-OH is 1. The quantitative estimate of drug-likeness (QED) is 0.705. The molecule has 2 N–H and O–H groups in total. The summed E-state index contributed by atoms with van der Waals surface area (Å²) in [6, 6.07) is 5.77. The number of carbonyl (C=O) groups excluding carboxylic acids is 1. The molecule has 2 rings (SSSR count). The third-order valence-electron chi connectivity index (χ3n) is 4.50. The number of ether oxygens (including phenoxy) is 1. The van der Waals surface area contributed by atoms with Gasteiger partial charge in [-0.15, -0.1) is 0 Å². The number of amides is 1. The summed E-state index contributed by atoms with van der Waals surface area (Å²) in [6.45, 7) is 11.2. The van der Waals surface area contributed by atoms with Gasteiger partial charge in [-0.05, 0) is 36.8 Å². The van der Waals surface area contributed by atoms with Gasteiger partial charge >= 0.3 is 0 Å². The summed E-state index contributed by atoms with van der Waals surface area (Å²) in [4.78, 5) is 13.7. The Hall–Kier alpha value is -1.59. The summed E-state index contributed by atoms with van der Waals surface area (Å²) in [7, 11) is 0. The lowest BCUT2D eigenvalue weighted by Crippen LogP contribution is -2.50. The number of rotatable bonds is 8. The van der Waals surface area contributed by atoms with Crippen LogP contribution in [-0.2, 0) is 11.2 Å². The molecule has 0 spiro atoms. The Morgan fingerprint density at radius 3 is 2.56 bits per heavy atom. The minimum Gasteiger partial charge on any atom is -0.475 e. The maximum atomic E-state index is 11.6. The smallest absolute Gasteiger partial charge is 0.224 e. The zero-order valence-electron chi connectivity index (χ0n) is 16.1. The molecule has 0 bridgehead atoms. The lowest BCUT2D eigenvalue weighted by atomic mass is 10.0. The molecule has 140 valence electrons. The molecule has 25 heavy (non-hydrogen) atoms. The van der Waals surface area contributed by atoms with E-state index in [4.69, 9.17) is 4.74 Å². The second kappa shape index (κ2) is 8.68. The zero-order chi connectivity index (χ0) is 18.6. The van der Waals surface area contributed by atoms with Gasteiger partial charge in [0, 0.05) is 24.2 Å². The van der Waals surface area contributed by atoms with E-state index in [-0.39, 0.29) is 18.1 Å². The van der Waals surface area contributed by atoms with Crippen molar-refractivity contribution in [1.82, 2.24) is 4.90 Å². The molecule has 1 aliphatic rings. The average Bonchev–Trinajstić information content (AvgIpc) is 2.56. The van der Waals surface area contributed by atoms with Crippen molar-refractivity contribution in [2.45, 2.75) is 66.3 Å². The van der Waals surface area contributed by atoms with E-state index in [9.17, 15) is 9.90 Å². The van der Waals surface area contributed by atoms with Crippen molar-refractivity contribution in [3.63, 3.8) is 0 Å². The number of fused-ring (bicyclic) bond motifs is 1.